The Kier molecular flexibility index (Phi) is 14.6. The molecule has 15 heteroatoms. The normalized spacial score (nSPS) is 15.2. The van der Waals surface area contributed by atoms with Crippen molar-refractivity contribution in [3.63, 3.8) is 0 Å². The first-order chi connectivity index (χ1) is 26.4. The fourth-order valence-electron chi connectivity index (χ4n) is 6.03. The van der Waals surface area contributed by atoms with Crippen LogP contribution in [-0.2, 0) is 29.3 Å². The molecule has 55 heavy (non-hydrogen) atoms. The topological polar surface area (TPSA) is 166 Å². The van der Waals surface area contributed by atoms with Crippen molar-refractivity contribution < 1.29 is 34.0 Å². The molecule has 0 bridgehead atoms. The van der Waals surface area contributed by atoms with Gasteiger partial charge in [0.1, 0.15) is 42.1 Å². The maximum atomic E-state index is 11.8. The molecule has 0 spiro atoms. The van der Waals surface area contributed by atoms with E-state index in [1.807, 2.05) is 42.5 Å². The minimum absolute atomic E-state index is 0.00831. The number of carboxylic acids is 1. The van der Waals surface area contributed by atoms with Gasteiger partial charge in [0, 0.05) is 85.4 Å². The smallest absolute Gasteiger partial charge is 0.326 e. The number of carbonyl (C=O) groups is 2. The van der Waals surface area contributed by atoms with Crippen LogP contribution in [-0.4, -0.2) is 76.4 Å². The summed E-state index contributed by atoms with van der Waals surface area (Å²) >= 11 is 20.5. The number of benzene rings is 3. The fraction of sp³-hybridized carbons (Fsp3) is 0.350. The average Bonchev–Trinajstić information content (AvgIpc) is 3.62. The number of hydrogen-bond acceptors (Lipinski definition) is 10. The summed E-state index contributed by atoms with van der Waals surface area (Å²) < 4.78 is 18.4. The van der Waals surface area contributed by atoms with Crippen molar-refractivity contribution in [2.24, 2.45) is 0 Å². The number of aliphatic hydroxyl groups excluding tert-OH is 1. The molecule has 4 aromatic rings. The van der Waals surface area contributed by atoms with Gasteiger partial charge in [0.15, 0.2) is 0 Å². The Hall–Kier alpha value is -4.61. The highest BCUT2D eigenvalue weighted by Gasteiger charge is 2.32. The van der Waals surface area contributed by atoms with Crippen LogP contribution in [0, 0.1) is 11.3 Å². The SMILES string of the molecule is CC(=O)N[C@H]1CCN(CCCOc2cccc(-c3cccc(COc4cc(OCc5cncc(C#N)c5)c(CN[C@](C)(CO)C(=O)O)cc4Cl)c3Cl)c2Cl)C1. The molecule has 0 aliphatic carbocycles. The summed E-state index contributed by atoms with van der Waals surface area (Å²) in [5.74, 6) is -0.0812. The summed E-state index contributed by atoms with van der Waals surface area (Å²) in [5.41, 5.74) is 1.94. The number of aliphatic carboxylic acids is 1. The van der Waals surface area contributed by atoms with E-state index in [1.165, 1.54) is 20.0 Å². The van der Waals surface area contributed by atoms with Crippen LogP contribution in [0.1, 0.15) is 48.9 Å². The zero-order valence-electron chi connectivity index (χ0n) is 30.4. The molecule has 5 rings (SSSR count). The Balaban J connectivity index is 1.28. The van der Waals surface area contributed by atoms with Crippen molar-refractivity contribution in [1.29, 1.82) is 5.26 Å². The van der Waals surface area contributed by atoms with Gasteiger partial charge in [-0.15, -0.1) is 0 Å². The van der Waals surface area contributed by atoms with Crippen LogP contribution in [0.4, 0.5) is 0 Å². The number of carboxylic acid groups (broad SMARTS) is 1. The first-order valence-electron chi connectivity index (χ1n) is 17.6. The molecular formula is C40H42Cl3N5O7. The van der Waals surface area contributed by atoms with E-state index < -0.39 is 18.1 Å². The van der Waals surface area contributed by atoms with Crippen molar-refractivity contribution in [2.75, 3.05) is 32.8 Å². The number of hydrogen-bond donors (Lipinski definition) is 4. The summed E-state index contributed by atoms with van der Waals surface area (Å²) in [6.07, 6.45) is 4.75. The molecule has 1 fully saturated rings. The number of carbonyl (C=O) groups excluding carboxylic acids is 1. The molecule has 1 aliphatic heterocycles. The first kappa shape index (κ1) is 41.6. The second kappa shape index (κ2) is 19.3. The lowest BCUT2D eigenvalue weighted by Crippen LogP contribution is -2.52. The molecule has 1 amide bonds. The van der Waals surface area contributed by atoms with Gasteiger partial charge in [-0.1, -0.05) is 65.1 Å². The lowest BCUT2D eigenvalue weighted by atomic mass is 10.0. The summed E-state index contributed by atoms with van der Waals surface area (Å²) in [7, 11) is 0. The Morgan fingerprint density at radius 3 is 2.45 bits per heavy atom. The largest absolute Gasteiger partial charge is 0.492 e. The van der Waals surface area contributed by atoms with Crippen LogP contribution in [0.25, 0.3) is 11.1 Å². The third-order valence-electron chi connectivity index (χ3n) is 9.16. The molecule has 0 radical (unpaired) electrons. The Labute approximate surface area is 334 Å². The van der Waals surface area contributed by atoms with Crippen LogP contribution in [0.5, 0.6) is 17.2 Å². The van der Waals surface area contributed by atoms with E-state index in [-0.39, 0.29) is 42.5 Å². The van der Waals surface area contributed by atoms with Gasteiger partial charge < -0.3 is 34.6 Å². The Bertz CT molecular complexity index is 2050. The number of likely N-dealkylation sites (tertiary alicyclic amines) is 1. The number of halogens is 3. The van der Waals surface area contributed by atoms with Crippen molar-refractivity contribution in [3.8, 4) is 34.4 Å². The van der Waals surface area contributed by atoms with E-state index >= 15 is 0 Å². The Morgan fingerprint density at radius 2 is 1.73 bits per heavy atom. The molecule has 2 heterocycles. The second-order valence-corrected chi connectivity index (χ2v) is 14.6. The minimum atomic E-state index is -1.62. The van der Waals surface area contributed by atoms with E-state index in [1.54, 1.807) is 24.4 Å². The van der Waals surface area contributed by atoms with Gasteiger partial charge in [0.05, 0.1) is 33.8 Å². The number of pyridine rings is 1. The van der Waals surface area contributed by atoms with Gasteiger partial charge in [-0.3, -0.25) is 19.9 Å². The van der Waals surface area contributed by atoms with Gasteiger partial charge >= 0.3 is 5.97 Å². The molecule has 290 valence electrons. The van der Waals surface area contributed by atoms with Gasteiger partial charge in [0.25, 0.3) is 0 Å². The predicted octanol–water partition coefficient (Wildman–Crippen LogP) is 6.64. The minimum Gasteiger partial charge on any atom is -0.492 e. The number of aliphatic hydroxyl groups is 1. The van der Waals surface area contributed by atoms with Gasteiger partial charge in [-0.05, 0) is 38.0 Å². The van der Waals surface area contributed by atoms with Crippen LogP contribution < -0.4 is 24.8 Å². The van der Waals surface area contributed by atoms with Crippen LogP contribution in [0.3, 0.4) is 0 Å². The van der Waals surface area contributed by atoms with E-state index in [4.69, 9.17) is 49.0 Å². The highest BCUT2D eigenvalue weighted by Crippen LogP contribution is 2.40. The van der Waals surface area contributed by atoms with E-state index in [9.17, 15) is 25.1 Å². The summed E-state index contributed by atoms with van der Waals surface area (Å²) in [6, 6.07) is 18.2. The molecule has 4 N–H and O–H groups in total. The van der Waals surface area contributed by atoms with Gasteiger partial charge in [0.2, 0.25) is 5.91 Å². The quantitative estimate of drug-likeness (QED) is 0.0796. The molecule has 0 unspecified atom stereocenters. The highest BCUT2D eigenvalue weighted by molar-refractivity contribution is 6.37. The molecule has 3 aromatic carbocycles. The van der Waals surface area contributed by atoms with E-state index in [0.717, 1.165) is 32.5 Å². The molecular weight excluding hydrogens is 769 g/mol. The number of nitrogens with one attached hydrogen (secondary N) is 2. The van der Waals surface area contributed by atoms with Crippen LogP contribution in [0.15, 0.2) is 67.0 Å². The number of ether oxygens (including phenoxy) is 3. The number of aromatic nitrogens is 1. The third-order valence-corrected chi connectivity index (χ3v) is 10.3. The zero-order chi connectivity index (χ0) is 39.5. The predicted molar refractivity (Wildman–Crippen MR) is 210 cm³/mol. The van der Waals surface area contributed by atoms with E-state index in [0.29, 0.717) is 61.5 Å². The van der Waals surface area contributed by atoms with E-state index in [2.05, 4.69) is 20.5 Å². The summed E-state index contributed by atoms with van der Waals surface area (Å²) in [4.78, 5) is 29.6. The molecule has 1 aromatic heterocycles. The maximum Gasteiger partial charge on any atom is 0.326 e. The molecule has 0 saturated carbocycles. The monoisotopic (exact) mass is 809 g/mol. The maximum absolute atomic E-state index is 11.8. The average molecular weight is 811 g/mol. The Morgan fingerprint density at radius 1 is 0.982 bits per heavy atom. The lowest BCUT2D eigenvalue weighted by molar-refractivity contribution is -0.146. The number of nitriles is 1. The summed E-state index contributed by atoms with van der Waals surface area (Å²) in [6.45, 7) is 5.40. The number of amides is 1. The molecule has 12 nitrogen and oxygen atoms in total. The zero-order valence-corrected chi connectivity index (χ0v) is 32.7. The molecule has 1 aliphatic rings. The first-order valence-corrected chi connectivity index (χ1v) is 18.7. The molecule has 1 saturated heterocycles. The molecule has 2 atom stereocenters. The lowest BCUT2D eigenvalue weighted by Gasteiger charge is -2.25. The summed E-state index contributed by atoms with van der Waals surface area (Å²) in [5, 5.41) is 35.6. The van der Waals surface area contributed by atoms with Crippen molar-refractivity contribution in [2.45, 2.75) is 58.0 Å². The second-order valence-electron chi connectivity index (χ2n) is 13.4. The van der Waals surface area contributed by atoms with Gasteiger partial charge in [-0.2, -0.15) is 5.26 Å². The van der Waals surface area contributed by atoms with Crippen molar-refractivity contribution in [3.05, 3.63) is 104 Å². The number of nitrogens with zero attached hydrogens (tertiary/aromatic N) is 3. The van der Waals surface area contributed by atoms with Crippen molar-refractivity contribution in [1.82, 2.24) is 20.5 Å². The van der Waals surface area contributed by atoms with Gasteiger partial charge in [-0.25, -0.2) is 0 Å². The third kappa shape index (κ3) is 11.0. The van der Waals surface area contributed by atoms with Crippen LogP contribution in [0.2, 0.25) is 15.1 Å². The van der Waals surface area contributed by atoms with Crippen molar-refractivity contribution >= 4 is 46.7 Å². The highest BCUT2D eigenvalue weighted by atomic mass is 35.5. The fourth-order valence-corrected chi connectivity index (χ4v) is 6.84. The number of rotatable bonds is 18. The van der Waals surface area contributed by atoms with Crippen LogP contribution >= 0.6 is 34.8 Å². The standard InChI is InChI=1S/C40H42Cl3N5O7/c1-25(50)47-30-10-12-48(21-30)11-5-13-53-34-9-4-8-32(38(34)43)31-7-3-6-28(37(31)42)23-55-36-16-35(54-22-27-14-26(17-44)18-45-19-27)29(15-33(36)41)20-46-40(2,24-49)39(51)52/h3-4,6-9,14-16,18-19,30,46,49H,5,10-13,20-24H2,1-2H3,(H,47,50)(H,51,52)/t30-,40+/m0/s1.